The lowest BCUT2D eigenvalue weighted by Crippen LogP contribution is -2.44. The van der Waals surface area contributed by atoms with Crippen molar-refractivity contribution in [2.75, 3.05) is 37.6 Å². The smallest absolute Gasteiger partial charge is 0.242 e. The topological polar surface area (TPSA) is 49.6 Å². The molecule has 4 heteroatoms. The zero-order valence-corrected chi connectivity index (χ0v) is 12.3. The summed E-state index contributed by atoms with van der Waals surface area (Å²) < 4.78 is 0. The van der Waals surface area contributed by atoms with Crippen LogP contribution in [0, 0.1) is 6.92 Å². The first-order valence-electron chi connectivity index (χ1n) is 7.50. The number of likely N-dealkylation sites (tertiary alicyclic amines) is 1. The summed E-state index contributed by atoms with van der Waals surface area (Å²) in [6, 6.07) is 8.25. The summed E-state index contributed by atoms with van der Waals surface area (Å²) in [4.78, 5) is 16.5. The Morgan fingerprint density at radius 1 is 1.30 bits per heavy atom. The predicted octanol–water partition coefficient (Wildman–Crippen LogP) is 1.77. The van der Waals surface area contributed by atoms with Gasteiger partial charge < -0.3 is 15.5 Å². The van der Waals surface area contributed by atoms with Gasteiger partial charge in [-0.25, -0.2) is 0 Å². The Morgan fingerprint density at radius 3 is 2.70 bits per heavy atom. The van der Waals surface area contributed by atoms with Crippen LogP contribution in [0.2, 0.25) is 0 Å². The lowest BCUT2D eigenvalue weighted by molar-refractivity contribution is -0.130. The van der Waals surface area contributed by atoms with Crippen molar-refractivity contribution in [1.29, 1.82) is 0 Å². The Bertz CT molecular complexity index is 441. The fraction of sp³-hybridized carbons (Fsp3) is 0.562. The molecule has 0 spiro atoms. The first-order chi connectivity index (χ1) is 9.70. The second-order valence-corrected chi connectivity index (χ2v) is 5.49. The molecule has 0 radical (unpaired) electrons. The second kappa shape index (κ2) is 7.29. The van der Waals surface area contributed by atoms with E-state index in [2.05, 4.69) is 24.0 Å². The number of nitrogens with zero attached hydrogens (tertiary/aromatic N) is 2. The van der Waals surface area contributed by atoms with E-state index in [1.807, 2.05) is 17.0 Å². The van der Waals surface area contributed by atoms with Crippen molar-refractivity contribution < 1.29 is 4.79 Å². The molecule has 110 valence electrons. The van der Waals surface area contributed by atoms with Crippen LogP contribution >= 0.6 is 0 Å². The molecule has 1 fully saturated rings. The number of nitrogens with two attached hydrogens (primary N) is 1. The Balaban J connectivity index is 2.03. The maximum absolute atomic E-state index is 12.4. The van der Waals surface area contributed by atoms with Gasteiger partial charge in [-0.2, -0.15) is 0 Å². The Labute approximate surface area is 121 Å². The lowest BCUT2D eigenvalue weighted by atomic mass is 10.1. The number of aryl methyl sites for hydroxylation is 1. The summed E-state index contributed by atoms with van der Waals surface area (Å²) >= 11 is 0. The van der Waals surface area contributed by atoms with Crippen molar-refractivity contribution in [2.45, 2.75) is 26.2 Å². The third kappa shape index (κ3) is 3.97. The molecule has 1 aromatic carbocycles. The van der Waals surface area contributed by atoms with Crippen LogP contribution in [-0.4, -0.2) is 43.5 Å². The van der Waals surface area contributed by atoms with Gasteiger partial charge in [0.05, 0.1) is 6.54 Å². The van der Waals surface area contributed by atoms with E-state index in [4.69, 9.17) is 5.73 Å². The minimum Gasteiger partial charge on any atom is -0.361 e. The van der Waals surface area contributed by atoms with Crippen LogP contribution in [0.25, 0.3) is 0 Å². The average molecular weight is 275 g/mol. The third-order valence-corrected chi connectivity index (χ3v) is 3.80. The summed E-state index contributed by atoms with van der Waals surface area (Å²) in [7, 11) is 0. The first-order valence-corrected chi connectivity index (χ1v) is 7.50. The lowest BCUT2D eigenvalue weighted by Gasteiger charge is -2.31. The predicted molar refractivity (Wildman–Crippen MR) is 82.9 cm³/mol. The summed E-state index contributed by atoms with van der Waals surface area (Å²) in [5.74, 6) is 0.222. The second-order valence-electron chi connectivity index (χ2n) is 5.49. The molecule has 1 aliphatic heterocycles. The van der Waals surface area contributed by atoms with Crippen molar-refractivity contribution >= 4 is 11.6 Å². The molecule has 20 heavy (non-hydrogen) atoms. The van der Waals surface area contributed by atoms with Crippen LogP contribution in [0.3, 0.4) is 0 Å². The molecule has 2 N–H and O–H groups in total. The van der Waals surface area contributed by atoms with Gasteiger partial charge in [-0.15, -0.1) is 0 Å². The molecular weight excluding hydrogens is 250 g/mol. The number of piperidine rings is 1. The number of anilines is 1. The summed E-state index contributed by atoms with van der Waals surface area (Å²) in [5.41, 5.74) is 7.98. The zero-order valence-electron chi connectivity index (χ0n) is 12.3. The molecule has 0 aromatic heterocycles. The largest absolute Gasteiger partial charge is 0.361 e. The highest BCUT2D eigenvalue weighted by molar-refractivity contribution is 5.81. The van der Waals surface area contributed by atoms with E-state index in [-0.39, 0.29) is 5.91 Å². The van der Waals surface area contributed by atoms with Gasteiger partial charge in [0.2, 0.25) is 5.91 Å². The Hall–Kier alpha value is -1.55. The number of hydrogen-bond donors (Lipinski definition) is 1. The van der Waals surface area contributed by atoms with E-state index >= 15 is 0 Å². The van der Waals surface area contributed by atoms with Crippen LogP contribution in [0.5, 0.6) is 0 Å². The Kier molecular flexibility index (Phi) is 5.41. The van der Waals surface area contributed by atoms with Crippen LogP contribution in [0.1, 0.15) is 24.8 Å². The van der Waals surface area contributed by atoms with Crippen molar-refractivity contribution in [3.05, 3.63) is 29.8 Å². The van der Waals surface area contributed by atoms with Gasteiger partial charge in [-0.1, -0.05) is 12.1 Å². The maximum atomic E-state index is 12.4. The molecule has 1 aliphatic rings. The van der Waals surface area contributed by atoms with Crippen molar-refractivity contribution in [2.24, 2.45) is 5.73 Å². The molecule has 2 rings (SSSR count). The van der Waals surface area contributed by atoms with E-state index < -0.39 is 0 Å². The van der Waals surface area contributed by atoms with E-state index in [0.717, 1.165) is 31.6 Å². The highest BCUT2D eigenvalue weighted by Gasteiger charge is 2.19. The summed E-state index contributed by atoms with van der Waals surface area (Å²) in [5, 5.41) is 0. The Morgan fingerprint density at radius 2 is 2.05 bits per heavy atom. The number of benzene rings is 1. The molecule has 0 unspecified atom stereocenters. The molecule has 0 saturated carbocycles. The standard InChI is InChI=1S/C16H25N3O/c1-14-6-5-7-15(12-14)19(11-8-17)13-16(20)18-9-3-2-4-10-18/h5-7,12H,2-4,8-11,13,17H2,1H3. The summed E-state index contributed by atoms with van der Waals surface area (Å²) in [6.07, 6.45) is 3.51. The van der Waals surface area contributed by atoms with Crippen LogP contribution in [0.4, 0.5) is 5.69 Å². The van der Waals surface area contributed by atoms with Crippen molar-refractivity contribution in [3.8, 4) is 0 Å². The van der Waals surface area contributed by atoms with E-state index in [1.165, 1.54) is 12.0 Å². The molecule has 0 atom stereocenters. The van der Waals surface area contributed by atoms with Gasteiger partial charge >= 0.3 is 0 Å². The van der Waals surface area contributed by atoms with Gasteiger partial charge in [0, 0.05) is 31.9 Å². The number of amides is 1. The van der Waals surface area contributed by atoms with Gasteiger partial charge in [-0.3, -0.25) is 4.79 Å². The SMILES string of the molecule is Cc1cccc(N(CCN)CC(=O)N2CCCCC2)c1. The van der Waals surface area contributed by atoms with Crippen molar-refractivity contribution in [1.82, 2.24) is 4.90 Å². The number of hydrogen-bond acceptors (Lipinski definition) is 3. The van der Waals surface area contributed by atoms with Crippen LogP contribution < -0.4 is 10.6 Å². The molecule has 0 aliphatic carbocycles. The molecule has 0 bridgehead atoms. The minimum atomic E-state index is 0.222. The fourth-order valence-corrected chi connectivity index (χ4v) is 2.69. The fourth-order valence-electron chi connectivity index (χ4n) is 2.69. The van der Waals surface area contributed by atoms with Gasteiger partial charge in [0.15, 0.2) is 0 Å². The highest BCUT2D eigenvalue weighted by atomic mass is 16.2. The zero-order chi connectivity index (χ0) is 14.4. The van der Waals surface area contributed by atoms with Gasteiger partial charge in [-0.05, 0) is 43.9 Å². The van der Waals surface area contributed by atoms with Crippen LogP contribution in [-0.2, 0) is 4.79 Å². The highest BCUT2D eigenvalue weighted by Crippen LogP contribution is 2.16. The normalized spacial score (nSPS) is 15.2. The van der Waals surface area contributed by atoms with E-state index in [0.29, 0.717) is 19.6 Å². The average Bonchev–Trinajstić information content (AvgIpc) is 2.47. The first kappa shape index (κ1) is 14.9. The summed E-state index contributed by atoms with van der Waals surface area (Å²) in [6.45, 7) is 5.58. The molecule has 1 aromatic rings. The minimum absolute atomic E-state index is 0.222. The quantitative estimate of drug-likeness (QED) is 0.891. The molecule has 1 amide bonds. The molecular formula is C16H25N3O. The number of rotatable bonds is 5. The van der Waals surface area contributed by atoms with Gasteiger partial charge in [0.1, 0.15) is 0 Å². The van der Waals surface area contributed by atoms with E-state index in [1.54, 1.807) is 0 Å². The molecule has 1 heterocycles. The molecule has 1 saturated heterocycles. The third-order valence-electron chi connectivity index (χ3n) is 3.80. The monoisotopic (exact) mass is 275 g/mol. The van der Waals surface area contributed by atoms with Crippen LogP contribution in [0.15, 0.2) is 24.3 Å². The number of carbonyl (C=O) groups excluding carboxylic acids is 1. The van der Waals surface area contributed by atoms with Crippen molar-refractivity contribution in [3.63, 3.8) is 0 Å². The van der Waals surface area contributed by atoms with E-state index in [9.17, 15) is 4.79 Å². The maximum Gasteiger partial charge on any atom is 0.242 e. The molecule has 4 nitrogen and oxygen atoms in total. The number of carbonyl (C=O) groups is 1. The van der Waals surface area contributed by atoms with Gasteiger partial charge in [0.25, 0.3) is 0 Å².